The van der Waals surface area contributed by atoms with Crippen LogP contribution in [0.1, 0.15) is 38.2 Å². The molecule has 0 bridgehead atoms. The summed E-state index contributed by atoms with van der Waals surface area (Å²) in [6.07, 6.45) is 5.22. The highest BCUT2D eigenvalue weighted by atomic mass is 16.5. The van der Waals surface area contributed by atoms with Crippen LogP contribution < -0.4 is 19.5 Å². The lowest BCUT2D eigenvalue weighted by molar-refractivity contribution is 0.323. The highest BCUT2D eigenvalue weighted by Crippen LogP contribution is 2.38. The predicted octanol–water partition coefficient (Wildman–Crippen LogP) is 3.38. The van der Waals surface area contributed by atoms with Gasteiger partial charge in [0, 0.05) is 12.6 Å². The van der Waals surface area contributed by atoms with Crippen molar-refractivity contribution in [2.24, 2.45) is 5.92 Å². The van der Waals surface area contributed by atoms with E-state index in [0.717, 1.165) is 18.0 Å². The molecule has 1 aliphatic rings. The van der Waals surface area contributed by atoms with Crippen molar-refractivity contribution >= 4 is 0 Å². The highest BCUT2D eigenvalue weighted by Gasteiger charge is 2.23. The maximum Gasteiger partial charge on any atom is 0.203 e. The van der Waals surface area contributed by atoms with Crippen molar-refractivity contribution in [2.45, 2.75) is 45.2 Å². The van der Waals surface area contributed by atoms with Crippen molar-refractivity contribution < 1.29 is 14.2 Å². The maximum atomic E-state index is 5.39. The van der Waals surface area contributed by atoms with Crippen LogP contribution in [-0.2, 0) is 6.54 Å². The predicted molar refractivity (Wildman–Crippen MR) is 84.4 cm³/mol. The molecule has 2 unspecified atom stereocenters. The molecule has 1 aliphatic carbocycles. The number of ether oxygens (including phenoxy) is 3. The molecule has 0 aliphatic heterocycles. The Balaban J connectivity index is 2.03. The van der Waals surface area contributed by atoms with Crippen molar-refractivity contribution in [2.75, 3.05) is 21.3 Å². The molecule has 0 spiro atoms. The Labute approximate surface area is 127 Å². The molecule has 2 atom stereocenters. The molecule has 4 heteroatoms. The molecule has 0 saturated heterocycles. The van der Waals surface area contributed by atoms with Crippen LogP contribution in [0.2, 0.25) is 0 Å². The van der Waals surface area contributed by atoms with Crippen LogP contribution in [0.4, 0.5) is 0 Å². The lowest BCUT2D eigenvalue weighted by Crippen LogP contribution is -2.25. The average Bonchev–Trinajstić information content (AvgIpc) is 2.99. The van der Waals surface area contributed by atoms with Gasteiger partial charge in [0.15, 0.2) is 11.5 Å². The third-order valence-corrected chi connectivity index (χ3v) is 4.44. The molecule has 4 nitrogen and oxygen atoms in total. The SMILES string of the molecule is CCC1CCC(NCc2cc(OC)c(OC)c(OC)c2)C1. The second-order valence-electron chi connectivity index (χ2n) is 5.70. The zero-order chi connectivity index (χ0) is 15.2. The van der Waals surface area contributed by atoms with E-state index in [0.29, 0.717) is 23.3 Å². The van der Waals surface area contributed by atoms with Crippen LogP contribution >= 0.6 is 0 Å². The molecule has 0 aromatic heterocycles. The summed E-state index contributed by atoms with van der Waals surface area (Å²) in [5.74, 6) is 2.97. The molecule has 1 aromatic carbocycles. The van der Waals surface area contributed by atoms with E-state index in [9.17, 15) is 0 Å². The van der Waals surface area contributed by atoms with Gasteiger partial charge >= 0.3 is 0 Å². The van der Waals surface area contributed by atoms with Gasteiger partial charge in [0.05, 0.1) is 21.3 Å². The van der Waals surface area contributed by atoms with E-state index in [2.05, 4.69) is 12.2 Å². The minimum atomic E-state index is 0.633. The monoisotopic (exact) mass is 293 g/mol. The van der Waals surface area contributed by atoms with Crippen LogP contribution in [0.25, 0.3) is 0 Å². The summed E-state index contributed by atoms with van der Waals surface area (Å²) in [6, 6.07) is 4.66. The van der Waals surface area contributed by atoms with Gasteiger partial charge in [0.1, 0.15) is 0 Å². The quantitative estimate of drug-likeness (QED) is 0.836. The summed E-state index contributed by atoms with van der Waals surface area (Å²) < 4.78 is 16.1. The third-order valence-electron chi connectivity index (χ3n) is 4.44. The summed E-state index contributed by atoms with van der Waals surface area (Å²) in [5.41, 5.74) is 1.16. The third kappa shape index (κ3) is 3.82. The molecule has 1 saturated carbocycles. The van der Waals surface area contributed by atoms with Crippen LogP contribution in [0, 0.1) is 5.92 Å². The van der Waals surface area contributed by atoms with Crippen molar-refractivity contribution in [1.29, 1.82) is 0 Å². The van der Waals surface area contributed by atoms with Gasteiger partial charge in [-0.2, -0.15) is 0 Å². The Morgan fingerprint density at radius 1 is 1.05 bits per heavy atom. The molecule has 1 N–H and O–H groups in total. The standard InChI is InChI=1S/C17H27NO3/c1-5-12-6-7-14(8-12)18-11-13-9-15(19-2)17(21-4)16(10-13)20-3/h9-10,12,14,18H,5-8,11H2,1-4H3. The largest absolute Gasteiger partial charge is 0.493 e. The Morgan fingerprint density at radius 2 is 1.71 bits per heavy atom. The van der Waals surface area contributed by atoms with Gasteiger partial charge in [0.25, 0.3) is 0 Å². The van der Waals surface area contributed by atoms with Gasteiger partial charge in [-0.1, -0.05) is 13.3 Å². The van der Waals surface area contributed by atoms with Gasteiger partial charge in [-0.05, 0) is 42.9 Å². The van der Waals surface area contributed by atoms with Crippen molar-refractivity contribution in [3.05, 3.63) is 17.7 Å². The van der Waals surface area contributed by atoms with Gasteiger partial charge in [-0.3, -0.25) is 0 Å². The molecule has 21 heavy (non-hydrogen) atoms. The summed E-state index contributed by atoms with van der Waals surface area (Å²) in [7, 11) is 4.93. The fourth-order valence-electron chi connectivity index (χ4n) is 3.13. The number of rotatable bonds is 7. The smallest absolute Gasteiger partial charge is 0.203 e. The fraction of sp³-hybridized carbons (Fsp3) is 0.647. The Hall–Kier alpha value is -1.42. The lowest BCUT2D eigenvalue weighted by Gasteiger charge is -2.16. The van der Waals surface area contributed by atoms with E-state index < -0.39 is 0 Å². The van der Waals surface area contributed by atoms with Crippen molar-refractivity contribution in [3.8, 4) is 17.2 Å². The van der Waals surface area contributed by atoms with E-state index in [1.54, 1.807) is 21.3 Å². The Morgan fingerprint density at radius 3 is 2.19 bits per heavy atom. The van der Waals surface area contributed by atoms with Crippen LogP contribution in [0.5, 0.6) is 17.2 Å². The van der Waals surface area contributed by atoms with Crippen molar-refractivity contribution in [1.82, 2.24) is 5.32 Å². The zero-order valence-electron chi connectivity index (χ0n) is 13.6. The molecule has 1 aromatic rings. The molecule has 2 rings (SSSR count). The second-order valence-corrected chi connectivity index (χ2v) is 5.70. The van der Waals surface area contributed by atoms with Crippen molar-refractivity contribution in [3.63, 3.8) is 0 Å². The molecule has 0 radical (unpaired) electrons. The van der Waals surface area contributed by atoms with E-state index in [-0.39, 0.29) is 0 Å². The normalized spacial score (nSPS) is 21.3. The number of benzene rings is 1. The summed E-state index contributed by atoms with van der Waals surface area (Å²) in [6.45, 7) is 3.12. The molecule has 1 fully saturated rings. The Bertz CT molecular complexity index is 436. The zero-order valence-corrected chi connectivity index (χ0v) is 13.6. The van der Waals surface area contributed by atoms with Crippen LogP contribution in [-0.4, -0.2) is 27.4 Å². The van der Waals surface area contributed by atoms with E-state index in [4.69, 9.17) is 14.2 Å². The fourth-order valence-corrected chi connectivity index (χ4v) is 3.13. The van der Waals surface area contributed by atoms with Crippen LogP contribution in [0.3, 0.4) is 0 Å². The Kier molecular flexibility index (Phi) is 5.74. The van der Waals surface area contributed by atoms with Gasteiger partial charge < -0.3 is 19.5 Å². The maximum absolute atomic E-state index is 5.39. The number of hydrogen-bond acceptors (Lipinski definition) is 4. The topological polar surface area (TPSA) is 39.7 Å². The van der Waals surface area contributed by atoms with E-state index in [1.807, 2.05) is 12.1 Å². The molecule has 0 heterocycles. The number of methoxy groups -OCH3 is 3. The number of hydrogen-bond donors (Lipinski definition) is 1. The first-order valence-electron chi connectivity index (χ1n) is 7.74. The van der Waals surface area contributed by atoms with Gasteiger partial charge in [0.2, 0.25) is 5.75 Å². The van der Waals surface area contributed by atoms with Crippen LogP contribution in [0.15, 0.2) is 12.1 Å². The summed E-state index contributed by atoms with van der Waals surface area (Å²) in [5, 5.41) is 3.65. The highest BCUT2D eigenvalue weighted by molar-refractivity contribution is 5.53. The minimum absolute atomic E-state index is 0.633. The van der Waals surface area contributed by atoms with E-state index >= 15 is 0 Å². The molecule has 118 valence electrons. The lowest BCUT2D eigenvalue weighted by atomic mass is 10.1. The first-order chi connectivity index (χ1) is 10.2. The second kappa shape index (κ2) is 7.55. The first kappa shape index (κ1) is 16.0. The first-order valence-corrected chi connectivity index (χ1v) is 7.74. The van der Waals surface area contributed by atoms with E-state index in [1.165, 1.54) is 25.7 Å². The average molecular weight is 293 g/mol. The van der Waals surface area contributed by atoms with Gasteiger partial charge in [-0.15, -0.1) is 0 Å². The molecule has 0 amide bonds. The van der Waals surface area contributed by atoms with Gasteiger partial charge in [-0.25, -0.2) is 0 Å². The summed E-state index contributed by atoms with van der Waals surface area (Å²) >= 11 is 0. The number of nitrogens with one attached hydrogen (secondary N) is 1. The minimum Gasteiger partial charge on any atom is -0.493 e. The molecular weight excluding hydrogens is 266 g/mol. The summed E-state index contributed by atoms with van der Waals surface area (Å²) in [4.78, 5) is 0. The molecular formula is C17H27NO3.